The molecule has 1 spiro atoms. The summed E-state index contributed by atoms with van der Waals surface area (Å²) in [6, 6.07) is 0. The fourth-order valence-corrected chi connectivity index (χ4v) is 3.37. The monoisotopic (exact) mass is 301 g/mol. The maximum atomic E-state index is 9.26. The Kier molecular flexibility index (Phi) is 6.22. The standard InChI is InChI=1S/C20H31NO/c1-3-4-8-17-21(2)20(12-9-18-22)15-13-19(14-16-20)10-6-5-7-11-19/h6-7,10-11,13-16,22H,3-5,8-9,12,17-18H2,1-2H3. The molecular weight excluding hydrogens is 270 g/mol. The summed E-state index contributed by atoms with van der Waals surface area (Å²) in [5, 5.41) is 9.26. The van der Waals surface area contributed by atoms with Gasteiger partial charge in [-0.1, -0.05) is 68.4 Å². The highest BCUT2D eigenvalue weighted by Crippen LogP contribution is 2.38. The zero-order valence-corrected chi connectivity index (χ0v) is 14.2. The third-order valence-electron chi connectivity index (χ3n) is 4.95. The van der Waals surface area contributed by atoms with E-state index in [1.54, 1.807) is 0 Å². The summed E-state index contributed by atoms with van der Waals surface area (Å²) in [6.07, 6.45) is 25.0. The van der Waals surface area contributed by atoms with Crippen LogP contribution in [0.5, 0.6) is 0 Å². The molecule has 0 aromatic rings. The summed E-state index contributed by atoms with van der Waals surface area (Å²) < 4.78 is 0. The molecule has 0 aromatic carbocycles. The number of hydrogen-bond acceptors (Lipinski definition) is 2. The van der Waals surface area contributed by atoms with Crippen molar-refractivity contribution in [3.63, 3.8) is 0 Å². The molecule has 0 aromatic heterocycles. The summed E-state index contributed by atoms with van der Waals surface area (Å²) in [4.78, 5) is 2.45. The van der Waals surface area contributed by atoms with Gasteiger partial charge in [0.25, 0.3) is 0 Å². The second kappa shape index (κ2) is 7.94. The van der Waals surface area contributed by atoms with Crippen LogP contribution < -0.4 is 0 Å². The van der Waals surface area contributed by atoms with Crippen LogP contribution in [0.15, 0.2) is 48.6 Å². The van der Waals surface area contributed by atoms with Crippen molar-refractivity contribution in [1.29, 1.82) is 0 Å². The van der Waals surface area contributed by atoms with Gasteiger partial charge in [0, 0.05) is 12.0 Å². The van der Waals surface area contributed by atoms with Gasteiger partial charge in [0.2, 0.25) is 0 Å². The summed E-state index contributed by atoms with van der Waals surface area (Å²) >= 11 is 0. The molecule has 22 heavy (non-hydrogen) atoms. The minimum Gasteiger partial charge on any atom is -0.396 e. The molecule has 122 valence electrons. The molecule has 0 saturated carbocycles. The maximum Gasteiger partial charge on any atom is 0.0574 e. The highest BCUT2D eigenvalue weighted by Gasteiger charge is 2.34. The van der Waals surface area contributed by atoms with Crippen molar-refractivity contribution in [2.75, 3.05) is 20.2 Å². The molecule has 0 amide bonds. The number of aliphatic hydroxyl groups is 1. The van der Waals surface area contributed by atoms with Crippen LogP contribution in [0.2, 0.25) is 0 Å². The molecule has 1 N–H and O–H groups in total. The predicted molar refractivity (Wildman–Crippen MR) is 94.8 cm³/mol. The molecule has 2 aliphatic carbocycles. The van der Waals surface area contributed by atoms with E-state index in [0.717, 1.165) is 25.8 Å². The van der Waals surface area contributed by atoms with E-state index in [9.17, 15) is 5.11 Å². The van der Waals surface area contributed by atoms with Crippen LogP contribution in [0.4, 0.5) is 0 Å². The number of allylic oxidation sites excluding steroid dienone is 6. The Balaban J connectivity index is 2.12. The Morgan fingerprint density at radius 2 is 1.64 bits per heavy atom. The summed E-state index contributed by atoms with van der Waals surface area (Å²) in [7, 11) is 2.21. The fraction of sp³-hybridized carbons (Fsp3) is 0.600. The van der Waals surface area contributed by atoms with Gasteiger partial charge >= 0.3 is 0 Å². The maximum absolute atomic E-state index is 9.26. The van der Waals surface area contributed by atoms with Crippen LogP contribution in [-0.4, -0.2) is 35.7 Å². The van der Waals surface area contributed by atoms with Gasteiger partial charge in [0.05, 0.1) is 5.54 Å². The third kappa shape index (κ3) is 3.99. The molecule has 0 aliphatic heterocycles. The first-order chi connectivity index (χ1) is 10.7. The molecule has 0 fully saturated rings. The first kappa shape index (κ1) is 17.2. The smallest absolute Gasteiger partial charge is 0.0574 e. The molecule has 0 bridgehead atoms. The zero-order chi connectivity index (χ0) is 15.9. The van der Waals surface area contributed by atoms with Crippen molar-refractivity contribution in [2.45, 2.75) is 51.0 Å². The van der Waals surface area contributed by atoms with Crippen molar-refractivity contribution in [3.8, 4) is 0 Å². The molecule has 2 rings (SSSR count). The van der Waals surface area contributed by atoms with Crippen LogP contribution in [0.1, 0.15) is 45.4 Å². The Hall–Kier alpha value is -1.12. The molecule has 0 radical (unpaired) electrons. The van der Waals surface area contributed by atoms with E-state index in [0.29, 0.717) is 0 Å². The average Bonchev–Trinajstić information content (AvgIpc) is 2.56. The van der Waals surface area contributed by atoms with E-state index >= 15 is 0 Å². The second-order valence-corrected chi connectivity index (χ2v) is 6.65. The quantitative estimate of drug-likeness (QED) is 0.535. The number of rotatable bonds is 8. The highest BCUT2D eigenvalue weighted by molar-refractivity contribution is 5.40. The fourth-order valence-electron chi connectivity index (χ4n) is 3.37. The van der Waals surface area contributed by atoms with E-state index in [1.165, 1.54) is 19.3 Å². The van der Waals surface area contributed by atoms with Crippen LogP contribution >= 0.6 is 0 Å². The number of aliphatic hydroxyl groups excluding tert-OH is 1. The molecule has 2 aliphatic rings. The van der Waals surface area contributed by atoms with Crippen molar-refractivity contribution < 1.29 is 5.11 Å². The number of likely N-dealkylation sites (N-methyl/N-ethyl adjacent to an activating group) is 1. The summed E-state index contributed by atoms with van der Waals surface area (Å²) in [5.41, 5.74) is -0.0634. The minimum atomic E-state index is -0.0408. The Labute approximate surface area is 135 Å². The Morgan fingerprint density at radius 1 is 0.955 bits per heavy atom. The molecule has 2 heteroatoms. The molecule has 0 saturated heterocycles. The SMILES string of the molecule is CCCCCN(C)C1(CCCO)C=CC2(C=CCC=C2)C=C1. The number of nitrogens with zero attached hydrogens (tertiary/aromatic N) is 1. The normalized spacial score (nSPS) is 21.1. The summed E-state index contributed by atoms with van der Waals surface area (Å²) in [5.74, 6) is 0. The topological polar surface area (TPSA) is 23.5 Å². The van der Waals surface area contributed by atoms with Gasteiger partial charge < -0.3 is 5.11 Å². The first-order valence-corrected chi connectivity index (χ1v) is 8.75. The average molecular weight is 301 g/mol. The zero-order valence-electron chi connectivity index (χ0n) is 14.2. The van der Waals surface area contributed by atoms with Crippen molar-refractivity contribution in [3.05, 3.63) is 48.6 Å². The first-order valence-electron chi connectivity index (χ1n) is 8.75. The van der Waals surface area contributed by atoms with Crippen molar-refractivity contribution in [1.82, 2.24) is 4.90 Å². The van der Waals surface area contributed by atoms with Crippen LogP contribution in [0.3, 0.4) is 0 Å². The van der Waals surface area contributed by atoms with Crippen molar-refractivity contribution in [2.24, 2.45) is 5.41 Å². The number of hydrogen-bond donors (Lipinski definition) is 1. The highest BCUT2D eigenvalue weighted by atomic mass is 16.2. The number of unbranched alkanes of at least 4 members (excludes halogenated alkanes) is 2. The van der Waals surface area contributed by atoms with E-state index in [4.69, 9.17) is 0 Å². The van der Waals surface area contributed by atoms with Gasteiger partial charge in [-0.2, -0.15) is 0 Å². The van der Waals surface area contributed by atoms with Crippen LogP contribution in [0, 0.1) is 5.41 Å². The van der Waals surface area contributed by atoms with Crippen molar-refractivity contribution >= 4 is 0 Å². The van der Waals surface area contributed by atoms with Crippen LogP contribution in [-0.2, 0) is 0 Å². The largest absolute Gasteiger partial charge is 0.396 e. The predicted octanol–water partition coefficient (Wildman–Crippen LogP) is 4.25. The van der Waals surface area contributed by atoms with E-state index in [-0.39, 0.29) is 17.6 Å². The lowest BCUT2D eigenvalue weighted by Crippen LogP contribution is -2.45. The van der Waals surface area contributed by atoms with Gasteiger partial charge in [-0.3, -0.25) is 4.90 Å². The van der Waals surface area contributed by atoms with Gasteiger partial charge in [-0.05, 0) is 39.3 Å². The van der Waals surface area contributed by atoms with E-state index < -0.39 is 0 Å². The van der Waals surface area contributed by atoms with Gasteiger partial charge in [0.15, 0.2) is 0 Å². The van der Waals surface area contributed by atoms with Gasteiger partial charge in [-0.25, -0.2) is 0 Å². The lowest BCUT2D eigenvalue weighted by atomic mass is 9.75. The molecule has 2 nitrogen and oxygen atoms in total. The molecule has 0 heterocycles. The van der Waals surface area contributed by atoms with Crippen LogP contribution in [0.25, 0.3) is 0 Å². The molecular formula is C20H31NO. The lowest BCUT2D eigenvalue weighted by Gasteiger charge is -2.42. The Bertz CT molecular complexity index is 430. The van der Waals surface area contributed by atoms with Gasteiger partial charge in [0.1, 0.15) is 0 Å². The Morgan fingerprint density at radius 3 is 2.23 bits per heavy atom. The van der Waals surface area contributed by atoms with E-state index in [1.807, 2.05) is 0 Å². The second-order valence-electron chi connectivity index (χ2n) is 6.65. The minimum absolute atomic E-state index is 0.0226. The molecule has 0 atom stereocenters. The van der Waals surface area contributed by atoms with Gasteiger partial charge in [-0.15, -0.1) is 0 Å². The van der Waals surface area contributed by atoms with E-state index in [2.05, 4.69) is 67.5 Å². The molecule has 0 unspecified atom stereocenters. The lowest BCUT2D eigenvalue weighted by molar-refractivity contribution is 0.176. The summed E-state index contributed by atoms with van der Waals surface area (Å²) in [6.45, 7) is 3.61. The third-order valence-corrected chi connectivity index (χ3v) is 4.95.